The normalized spacial score (nSPS) is 19.5. The Kier molecular flexibility index (Phi) is 5.41. The molecule has 11 heteroatoms. The Hall–Kier alpha value is -1.39. The Bertz CT molecular complexity index is 739. The summed E-state index contributed by atoms with van der Waals surface area (Å²) in [4.78, 5) is 11.2. The lowest BCUT2D eigenvalue weighted by Gasteiger charge is -2.23. The zero-order valence-electron chi connectivity index (χ0n) is 12.1. The molecule has 1 unspecified atom stereocenters. The van der Waals surface area contributed by atoms with Crippen molar-refractivity contribution in [2.24, 2.45) is 0 Å². The molecular formula is C13H13ClF4N2O3S. The van der Waals surface area contributed by atoms with Gasteiger partial charge in [-0.3, -0.25) is 4.79 Å². The molecule has 5 nitrogen and oxygen atoms in total. The fraction of sp³-hybridized carbons (Fsp3) is 0.462. The molecular weight excluding hydrogens is 376 g/mol. The van der Waals surface area contributed by atoms with Crippen molar-refractivity contribution in [1.29, 1.82) is 0 Å². The van der Waals surface area contributed by atoms with Gasteiger partial charge < -0.3 is 5.32 Å². The number of hydrogen-bond acceptors (Lipinski definition) is 3. The standard InChI is InChI=1S/C13H13ClF4N2O3S/c14-8-3-4-11(9(15)6-8)24(22,23)20-5-1-2-10(20)12(21)19-7-13(16,17)18/h3-4,6,10H,1-2,5,7H2,(H,19,21). The van der Waals surface area contributed by atoms with Crippen molar-refractivity contribution in [2.75, 3.05) is 13.1 Å². The van der Waals surface area contributed by atoms with Crippen LogP contribution >= 0.6 is 11.6 Å². The van der Waals surface area contributed by atoms with E-state index in [4.69, 9.17) is 11.6 Å². The first-order valence-corrected chi connectivity index (χ1v) is 8.65. The molecule has 1 saturated heterocycles. The number of sulfonamides is 1. The lowest BCUT2D eigenvalue weighted by atomic mass is 10.2. The molecule has 1 atom stereocenters. The molecule has 0 aliphatic carbocycles. The van der Waals surface area contributed by atoms with Gasteiger partial charge in [-0.05, 0) is 31.0 Å². The number of rotatable bonds is 4. The van der Waals surface area contributed by atoms with Gasteiger partial charge in [0.15, 0.2) is 0 Å². The first kappa shape index (κ1) is 18.9. The molecule has 1 aliphatic rings. The number of nitrogens with zero attached hydrogens (tertiary/aromatic N) is 1. The Labute approximate surface area is 140 Å². The molecule has 1 N–H and O–H groups in total. The predicted molar refractivity (Wildman–Crippen MR) is 77.4 cm³/mol. The summed E-state index contributed by atoms with van der Waals surface area (Å²) in [7, 11) is -4.38. The molecule has 24 heavy (non-hydrogen) atoms. The van der Waals surface area contributed by atoms with Crippen molar-refractivity contribution in [2.45, 2.75) is 30.0 Å². The van der Waals surface area contributed by atoms with Crippen LogP contribution in [0.4, 0.5) is 17.6 Å². The van der Waals surface area contributed by atoms with Crippen LogP contribution in [-0.2, 0) is 14.8 Å². The average Bonchev–Trinajstić information content (AvgIpc) is 2.93. The third-order valence-electron chi connectivity index (χ3n) is 3.45. The number of benzene rings is 1. The van der Waals surface area contributed by atoms with E-state index < -0.39 is 45.4 Å². The van der Waals surface area contributed by atoms with E-state index in [1.54, 1.807) is 5.32 Å². The Morgan fingerprint density at radius 2 is 2.04 bits per heavy atom. The smallest absolute Gasteiger partial charge is 0.346 e. The van der Waals surface area contributed by atoms with Crippen LogP contribution in [-0.4, -0.2) is 43.9 Å². The number of alkyl halides is 3. The minimum atomic E-state index is -4.61. The van der Waals surface area contributed by atoms with Crippen LogP contribution in [0.25, 0.3) is 0 Å². The topological polar surface area (TPSA) is 66.5 Å². The van der Waals surface area contributed by atoms with Crippen LogP contribution in [0.3, 0.4) is 0 Å². The highest BCUT2D eigenvalue weighted by Gasteiger charge is 2.41. The maximum Gasteiger partial charge on any atom is 0.405 e. The Morgan fingerprint density at radius 1 is 1.38 bits per heavy atom. The van der Waals surface area contributed by atoms with Gasteiger partial charge >= 0.3 is 6.18 Å². The summed E-state index contributed by atoms with van der Waals surface area (Å²) in [6.07, 6.45) is -4.28. The number of carbonyl (C=O) groups is 1. The zero-order valence-corrected chi connectivity index (χ0v) is 13.7. The second-order valence-corrected chi connectivity index (χ2v) is 7.48. The molecule has 0 bridgehead atoms. The van der Waals surface area contributed by atoms with E-state index in [-0.39, 0.29) is 24.4 Å². The third-order valence-corrected chi connectivity index (χ3v) is 5.63. The summed E-state index contributed by atoms with van der Waals surface area (Å²) in [5.41, 5.74) is 0. The van der Waals surface area contributed by atoms with Crippen molar-refractivity contribution in [3.8, 4) is 0 Å². The zero-order chi connectivity index (χ0) is 18.1. The number of carbonyl (C=O) groups excluding carboxylic acids is 1. The average molecular weight is 389 g/mol. The van der Waals surface area contributed by atoms with E-state index in [0.717, 1.165) is 12.1 Å². The quantitative estimate of drug-likeness (QED) is 0.805. The highest BCUT2D eigenvalue weighted by atomic mass is 35.5. The van der Waals surface area contributed by atoms with E-state index in [9.17, 15) is 30.8 Å². The molecule has 1 amide bonds. The fourth-order valence-corrected chi connectivity index (χ4v) is 4.27. The third kappa shape index (κ3) is 4.17. The van der Waals surface area contributed by atoms with E-state index >= 15 is 0 Å². The SMILES string of the molecule is O=C(NCC(F)(F)F)C1CCCN1S(=O)(=O)c1ccc(Cl)cc1F. The van der Waals surface area contributed by atoms with Gasteiger partial charge in [-0.2, -0.15) is 17.5 Å². The van der Waals surface area contributed by atoms with Gasteiger partial charge in [-0.15, -0.1) is 0 Å². The van der Waals surface area contributed by atoms with E-state index in [0.29, 0.717) is 4.31 Å². The van der Waals surface area contributed by atoms with Gasteiger partial charge in [0.1, 0.15) is 23.3 Å². The minimum absolute atomic E-state index is 0.00709. The van der Waals surface area contributed by atoms with Gasteiger partial charge in [0, 0.05) is 11.6 Å². The van der Waals surface area contributed by atoms with Gasteiger partial charge in [-0.1, -0.05) is 11.6 Å². The molecule has 0 saturated carbocycles. The second-order valence-electron chi connectivity index (χ2n) is 5.18. The highest BCUT2D eigenvalue weighted by molar-refractivity contribution is 7.89. The number of nitrogens with one attached hydrogen (secondary N) is 1. The van der Waals surface area contributed by atoms with Crippen molar-refractivity contribution < 1.29 is 30.8 Å². The Balaban J connectivity index is 2.24. The summed E-state index contributed by atoms with van der Waals surface area (Å²) in [6.45, 7) is -1.65. The molecule has 0 aromatic heterocycles. The first-order chi connectivity index (χ1) is 11.0. The van der Waals surface area contributed by atoms with Crippen molar-refractivity contribution in [3.63, 3.8) is 0 Å². The second kappa shape index (κ2) is 6.85. The summed E-state index contributed by atoms with van der Waals surface area (Å²) >= 11 is 5.57. The first-order valence-electron chi connectivity index (χ1n) is 6.84. The van der Waals surface area contributed by atoms with Crippen LogP contribution in [0, 0.1) is 5.82 Å². The summed E-state index contributed by atoms with van der Waals surface area (Å²) in [5, 5.41) is 1.65. The molecule has 0 spiro atoms. The van der Waals surface area contributed by atoms with Gasteiger partial charge in [0.25, 0.3) is 0 Å². The molecule has 1 fully saturated rings. The molecule has 1 aromatic rings. The van der Waals surface area contributed by atoms with E-state index in [1.165, 1.54) is 6.07 Å². The fourth-order valence-electron chi connectivity index (χ4n) is 2.41. The van der Waals surface area contributed by atoms with Crippen molar-refractivity contribution in [1.82, 2.24) is 9.62 Å². The molecule has 1 aromatic carbocycles. The minimum Gasteiger partial charge on any atom is -0.346 e. The Morgan fingerprint density at radius 3 is 2.62 bits per heavy atom. The maximum absolute atomic E-state index is 13.9. The number of hydrogen-bond donors (Lipinski definition) is 1. The van der Waals surface area contributed by atoms with Gasteiger partial charge in [0.2, 0.25) is 15.9 Å². The molecule has 0 radical (unpaired) electrons. The lowest BCUT2D eigenvalue weighted by molar-refractivity contribution is -0.140. The van der Waals surface area contributed by atoms with Crippen LogP contribution in [0.1, 0.15) is 12.8 Å². The van der Waals surface area contributed by atoms with Crippen LogP contribution in [0.15, 0.2) is 23.1 Å². The predicted octanol–water partition coefficient (Wildman–Crippen LogP) is 2.31. The highest BCUT2D eigenvalue weighted by Crippen LogP contribution is 2.29. The molecule has 1 aliphatic heterocycles. The van der Waals surface area contributed by atoms with Crippen LogP contribution < -0.4 is 5.32 Å². The lowest BCUT2D eigenvalue weighted by Crippen LogP contribution is -2.48. The van der Waals surface area contributed by atoms with Gasteiger partial charge in [0.05, 0.1) is 0 Å². The number of halogens is 5. The van der Waals surface area contributed by atoms with Gasteiger partial charge in [-0.25, -0.2) is 12.8 Å². The maximum atomic E-state index is 13.9. The summed E-state index contributed by atoms with van der Waals surface area (Å²) in [6, 6.07) is 1.62. The number of amides is 1. The summed E-state index contributed by atoms with van der Waals surface area (Å²) in [5.74, 6) is -2.16. The van der Waals surface area contributed by atoms with Crippen LogP contribution in [0.2, 0.25) is 5.02 Å². The van der Waals surface area contributed by atoms with E-state index in [1.807, 2.05) is 0 Å². The summed E-state index contributed by atoms with van der Waals surface area (Å²) < 4.78 is 76.2. The largest absolute Gasteiger partial charge is 0.405 e. The molecule has 1 heterocycles. The molecule has 2 rings (SSSR count). The monoisotopic (exact) mass is 388 g/mol. The molecule has 134 valence electrons. The van der Waals surface area contributed by atoms with Crippen molar-refractivity contribution >= 4 is 27.5 Å². The van der Waals surface area contributed by atoms with E-state index in [2.05, 4.69) is 0 Å². The van der Waals surface area contributed by atoms with Crippen LogP contribution in [0.5, 0.6) is 0 Å². The van der Waals surface area contributed by atoms with Crippen molar-refractivity contribution in [3.05, 3.63) is 29.0 Å².